The van der Waals surface area contributed by atoms with Crippen molar-refractivity contribution in [1.82, 2.24) is 10.2 Å². The second-order valence-electron chi connectivity index (χ2n) is 6.09. The van der Waals surface area contributed by atoms with Crippen LogP contribution >= 0.6 is 0 Å². The molecule has 0 saturated heterocycles. The van der Waals surface area contributed by atoms with Crippen LogP contribution < -0.4 is 5.32 Å². The molecule has 21 heavy (non-hydrogen) atoms. The molecule has 1 N–H and O–H groups in total. The summed E-state index contributed by atoms with van der Waals surface area (Å²) in [6, 6.07) is 3.91. The van der Waals surface area contributed by atoms with E-state index in [1.165, 1.54) is 12.1 Å². The molecule has 120 valence electrons. The van der Waals surface area contributed by atoms with Gasteiger partial charge < -0.3 is 10.2 Å². The number of halogens is 2. The van der Waals surface area contributed by atoms with E-state index in [9.17, 15) is 8.78 Å². The first-order chi connectivity index (χ1) is 9.83. The SMILES string of the molecule is CCCNC(Cc1cc(F)cc(F)c1)C(C)(CC)N(C)C. The fourth-order valence-corrected chi connectivity index (χ4v) is 2.67. The summed E-state index contributed by atoms with van der Waals surface area (Å²) in [4.78, 5) is 2.19. The highest BCUT2D eigenvalue weighted by Crippen LogP contribution is 2.24. The molecule has 0 aliphatic rings. The molecule has 2 nitrogen and oxygen atoms in total. The first kappa shape index (κ1) is 18.1. The van der Waals surface area contributed by atoms with Crippen molar-refractivity contribution in [1.29, 1.82) is 0 Å². The molecule has 0 amide bonds. The summed E-state index contributed by atoms with van der Waals surface area (Å²) in [6.07, 6.45) is 2.59. The van der Waals surface area contributed by atoms with Crippen LogP contribution in [0.3, 0.4) is 0 Å². The minimum absolute atomic E-state index is 0.0715. The van der Waals surface area contributed by atoms with Crippen molar-refractivity contribution < 1.29 is 8.78 Å². The maximum absolute atomic E-state index is 13.4. The first-order valence-corrected chi connectivity index (χ1v) is 7.69. The number of nitrogens with zero attached hydrogens (tertiary/aromatic N) is 1. The summed E-state index contributed by atoms with van der Waals surface area (Å²) < 4.78 is 26.8. The van der Waals surface area contributed by atoms with E-state index in [4.69, 9.17) is 0 Å². The zero-order valence-corrected chi connectivity index (χ0v) is 13.8. The first-order valence-electron chi connectivity index (χ1n) is 7.69. The summed E-state index contributed by atoms with van der Waals surface area (Å²) in [7, 11) is 4.10. The van der Waals surface area contributed by atoms with E-state index in [0.29, 0.717) is 12.0 Å². The lowest BCUT2D eigenvalue weighted by Gasteiger charge is -2.43. The molecule has 4 heteroatoms. The summed E-state index contributed by atoms with van der Waals surface area (Å²) in [5.74, 6) is -1.02. The number of hydrogen-bond acceptors (Lipinski definition) is 2. The summed E-state index contributed by atoms with van der Waals surface area (Å²) in [6.45, 7) is 7.35. The van der Waals surface area contributed by atoms with Crippen molar-refractivity contribution in [2.24, 2.45) is 0 Å². The van der Waals surface area contributed by atoms with Gasteiger partial charge in [-0.25, -0.2) is 8.78 Å². The van der Waals surface area contributed by atoms with Crippen molar-refractivity contribution in [2.75, 3.05) is 20.6 Å². The minimum atomic E-state index is -0.512. The third-order valence-electron chi connectivity index (χ3n) is 4.49. The van der Waals surface area contributed by atoms with Crippen LogP contribution in [0.25, 0.3) is 0 Å². The summed E-state index contributed by atoms with van der Waals surface area (Å²) in [5, 5.41) is 3.54. The topological polar surface area (TPSA) is 15.3 Å². The average Bonchev–Trinajstić information content (AvgIpc) is 2.41. The second-order valence-corrected chi connectivity index (χ2v) is 6.09. The number of nitrogens with one attached hydrogen (secondary N) is 1. The van der Waals surface area contributed by atoms with Crippen LogP contribution in [0.4, 0.5) is 8.78 Å². The van der Waals surface area contributed by atoms with E-state index < -0.39 is 11.6 Å². The Morgan fingerprint density at radius 3 is 2.14 bits per heavy atom. The lowest BCUT2D eigenvalue weighted by atomic mass is 9.84. The van der Waals surface area contributed by atoms with Gasteiger partial charge in [0, 0.05) is 17.6 Å². The van der Waals surface area contributed by atoms with Crippen molar-refractivity contribution in [3.8, 4) is 0 Å². The van der Waals surface area contributed by atoms with Gasteiger partial charge in [-0.3, -0.25) is 0 Å². The van der Waals surface area contributed by atoms with Crippen LogP contribution in [-0.2, 0) is 6.42 Å². The van der Waals surface area contributed by atoms with Crippen molar-refractivity contribution in [2.45, 2.75) is 51.6 Å². The van der Waals surface area contributed by atoms with Gasteiger partial charge in [-0.1, -0.05) is 13.8 Å². The summed E-state index contributed by atoms with van der Waals surface area (Å²) in [5.41, 5.74) is 0.625. The molecular formula is C17H28F2N2. The van der Waals surface area contributed by atoms with E-state index in [0.717, 1.165) is 25.5 Å². The van der Waals surface area contributed by atoms with Crippen molar-refractivity contribution in [3.05, 3.63) is 35.4 Å². The Morgan fingerprint density at radius 2 is 1.71 bits per heavy atom. The Labute approximate surface area is 127 Å². The van der Waals surface area contributed by atoms with E-state index in [1.807, 2.05) is 0 Å². The molecule has 1 rings (SSSR count). The molecule has 0 spiro atoms. The molecule has 1 aromatic rings. The quantitative estimate of drug-likeness (QED) is 0.789. The molecule has 0 aromatic heterocycles. The average molecular weight is 298 g/mol. The van der Waals surface area contributed by atoms with Crippen LogP contribution in [0.15, 0.2) is 18.2 Å². The molecule has 2 atom stereocenters. The summed E-state index contributed by atoms with van der Waals surface area (Å²) >= 11 is 0. The molecule has 0 heterocycles. The maximum atomic E-state index is 13.4. The second kappa shape index (κ2) is 7.85. The minimum Gasteiger partial charge on any atom is -0.312 e. The molecule has 0 saturated carbocycles. The molecule has 1 aromatic carbocycles. The van der Waals surface area contributed by atoms with Crippen molar-refractivity contribution in [3.63, 3.8) is 0 Å². The van der Waals surface area contributed by atoms with Gasteiger partial charge in [0.25, 0.3) is 0 Å². The number of benzene rings is 1. The van der Waals surface area contributed by atoms with Crippen molar-refractivity contribution >= 4 is 0 Å². The van der Waals surface area contributed by atoms with E-state index in [1.54, 1.807) is 0 Å². The molecule has 0 aliphatic heterocycles. The highest BCUT2D eigenvalue weighted by atomic mass is 19.1. The zero-order valence-electron chi connectivity index (χ0n) is 13.8. The molecular weight excluding hydrogens is 270 g/mol. The Bertz CT molecular complexity index is 428. The van der Waals surface area contributed by atoms with E-state index in [-0.39, 0.29) is 11.6 Å². The van der Waals surface area contributed by atoms with E-state index in [2.05, 4.69) is 45.1 Å². The van der Waals surface area contributed by atoms with Gasteiger partial charge >= 0.3 is 0 Å². The van der Waals surface area contributed by atoms with Crippen LogP contribution in [0.5, 0.6) is 0 Å². The largest absolute Gasteiger partial charge is 0.312 e. The van der Waals surface area contributed by atoms with Gasteiger partial charge in [-0.15, -0.1) is 0 Å². The highest BCUT2D eigenvalue weighted by Gasteiger charge is 2.34. The highest BCUT2D eigenvalue weighted by molar-refractivity contribution is 5.20. The third-order valence-corrected chi connectivity index (χ3v) is 4.49. The molecule has 0 radical (unpaired) electrons. The van der Waals surface area contributed by atoms with Crippen LogP contribution in [0.2, 0.25) is 0 Å². The normalized spacial score (nSPS) is 16.0. The smallest absolute Gasteiger partial charge is 0.126 e. The third kappa shape index (κ3) is 4.75. The number of likely N-dealkylation sites (N-methyl/N-ethyl adjacent to an activating group) is 1. The number of hydrogen-bond donors (Lipinski definition) is 1. The maximum Gasteiger partial charge on any atom is 0.126 e. The lowest BCUT2D eigenvalue weighted by Crippen LogP contribution is -2.58. The van der Waals surface area contributed by atoms with Gasteiger partial charge in [0.15, 0.2) is 0 Å². The zero-order chi connectivity index (χ0) is 16.0. The molecule has 0 bridgehead atoms. The molecule has 0 aliphatic carbocycles. The Morgan fingerprint density at radius 1 is 1.14 bits per heavy atom. The van der Waals surface area contributed by atoms with E-state index >= 15 is 0 Å². The molecule has 0 fully saturated rings. The predicted octanol–water partition coefficient (Wildman–Crippen LogP) is 3.61. The van der Waals surface area contributed by atoms with Crippen LogP contribution in [-0.4, -0.2) is 37.1 Å². The fourth-order valence-electron chi connectivity index (χ4n) is 2.67. The predicted molar refractivity (Wildman–Crippen MR) is 84.5 cm³/mol. The standard InChI is InChI=1S/C17H28F2N2/c1-6-8-20-16(17(3,7-2)21(4)5)11-13-9-14(18)12-15(19)10-13/h9-10,12,16,20H,6-8,11H2,1-5H3. The number of rotatable bonds is 8. The van der Waals surface area contributed by atoms with Gasteiger partial charge in [0.2, 0.25) is 0 Å². The van der Waals surface area contributed by atoms with Crippen LogP contribution in [0, 0.1) is 11.6 Å². The fraction of sp³-hybridized carbons (Fsp3) is 0.647. The monoisotopic (exact) mass is 298 g/mol. The molecule has 2 unspecified atom stereocenters. The Hall–Kier alpha value is -1.00. The Balaban J connectivity index is 3.01. The lowest BCUT2D eigenvalue weighted by molar-refractivity contribution is 0.112. The van der Waals surface area contributed by atoms with Gasteiger partial charge in [-0.05, 0) is 64.5 Å². The Kier molecular flexibility index (Phi) is 6.75. The van der Waals surface area contributed by atoms with Crippen LogP contribution in [0.1, 0.15) is 39.2 Å². The van der Waals surface area contributed by atoms with Gasteiger partial charge in [0.05, 0.1) is 0 Å². The van der Waals surface area contributed by atoms with Gasteiger partial charge in [-0.2, -0.15) is 0 Å². The van der Waals surface area contributed by atoms with Gasteiger partial charge in [0.1, 0.15) is 11.6 Å².